The highest BCUT2D eigenvalue weighted by molar-refractivity contribution is 7.20. The standard InChI is InChI=1S/C16H12ClN3O2S/c17-15-10-4-1-2-6-12(10)23-13(15)7-8-14(21)19-20-16(22)11-5-3-9-18-11/h1-9,18H,(H,19,21)(H,20,22)/b8-7+. The summed E-state index contributed by atoms with van der Waals surface area (Å²) in [4.78, 5) is 26.9. The van der Waals surface area contributed by atoms with Crippen LogP contribution in [0.15, 0.2) is 48.7 Å². The van der Waals surface area contributed by atoms with Gasteiger partial charge in [-0.1, -0.05) is 29.8 Å². The van der Waals surface area contributed by atoms with E-state index in [0.29, 0.717) is 10.7 Å². The van der Waals surface area contributed by atoms with Gasteiger partial charge in [0.25, 0.3) is 11.8 Å². The Morgan fingerprint density at radius 1 is 1.13 bits per heavy atom. The number of amides is 2. The number of rotatable bonds is 3. The lowest BCUT2D eigenvalue weighted by molar-refractivity contribution is -0.117. The Morgan fingerprint density at radius 2 is 1.96 bits per heavy atom. The molecular weight excluding hydrogens is 334 g/mol. The molecule has 0 aliphatic heterocycles. The summed E-state index contributed by atoms with van der Waals surface area (Å²) in [5.74, 6) is -0.866. The number of carbonyl (C=O) groups excluding carboxylic acids is 2. The van der Waals surface area contributed by atoms with Crippen molar-refractivity contribution in [2.45, 2.75) is 0 Å². The van der Waals surface area contributed by atoms with Crippen molar-refractivity contribution < 1.29 is 9.59 Å². The maximum absolute atomic E-state index is 11.8. The molecular formula is C16H12ClN3O2S. The highest BCUT2D eigenvalue weighted by Gasteiger charge is 2.08. The number of hydrogen-bond donors (Lipinski definition) is 3. The number of aromatic nitrogens is 1. The molecule has 23 heavy (non-hydrogen) atoms. The summed E-state index contributed by atoms with van der Waals surface area (Å²) in [6.07, 6.45) is 4.58. The molecule has 116 valence electrons. The number of hydrogen-bond acceptors (Lipinski definition) is 3. The van der Waals surface area contributed by atoms with Crippen molar-refractivity contribution in [2.75, 3.05) is 0 Å². The first kappa shape index (κ1) is 15.3. The van der Waals surface area contributed by atoms with Crippen LogP contribution in [-0.4, -0.2) is 16.8 Å². The second-order valence-electron chi connectivity index (χ2n) is 4.64. The lowest BCUT2D eigenvalue weighted by Crippen LogP contribution is -2.40. The zero-order chi connectivity index (χ0) is 16.2. The summed E-state index contributed by atoms with van der Waals surface area (Å²) in [7, 11) is 0. The summed E-state index contributed by atoms with van der Waals surface area (Å²) < 4.78 is 1.05. The Hall–Kier alpha value is -2.57. The summed E-state index contributed by atoms with van der Waals surface area (Å²) in [5.41, 5.74) is 4.98. The highest BCUT2D eigenvalue weighted by Crippen LogP contribution is 2.35. The third kappa shape index (κ3) is 3.44. The molecule has 0 saturated carbocycles. The first-order valence-electron chi connectivity index (χ1n) is 6.74. The topological polar surface area (TPSA) is 74.0 Å². The van der Waals surface area contributed by atoms with Crippen LogP contribution in [0.3, 0.4) is 0 Å². The molecule has 2 heterocycles. The van der Waals surface area contributed by atoms with Crippen LogP contribution in [0.2, 0.25) is 5.02 Å². The van der Waals surface area contributed by atoms with Crippen molar-refractivity contribution in [3.8, 4) is 0 Å². The van der Waals surface area contributed by atoms with Gasteiger partial charge in [-0.2, -0.15) is 0 Å². The van der Waals surface area contributed by atoms with E-state index in [-0.39, 0.29) is 0 Å². The lowest BCUT2D eigenvalue weighted by atomic mass is 10.2. The van der Waals surface area contributed by atoms with Crippen LogP contribution in [0.5, 0.6) is 0 Å². The fourth-order valence-electron chi connectivity index (χ4n) is 1.99. The Balaban J connectivity index is 1.63. The Labute approximate surface area is 140 Å². The van der Waals surface area contributed by atoms with Crippen molar-refractivity contribution >= 4 is 50.9 Å². The third-order valence-corrected chi connectivity index (χ3v) is 4.74. The van der Waals surface area contributed by atoms with Gasteiger partial charge in [0, 0.05) is 27.2 Å². The molecule has 2 amide bonds. The van der Waals surface area contributed by atoms with E-state index in [9.17, 15) is 9.59 Å². The number of nitrogens with one attached hydrogen (secondary N) is 3. The van der Waals surface area contributed by atoms with Crippen LogP contribution in [-0.2, 0) is 4.79 Å². The monoisotopic (exact) mass is 345 g/mol. The minimum absolute atomic E-state index is 0.363. The van der Waals surface area contributed by atoms with E-state index in [1.165, 1.54) is 17.4 Å². The van der Waals surface area contributed by atoms with Gasteiger partial charge in [-0.25, -0.2) is 0 Å². The first-order valence-corrected chi connectivity index (χ1v) is 7.93. The van der Waals surface area contributed by atoms with Gasteiger partial charge in [-0.3, -0.25) is 20.4 Å². The number of hydrazine groups is 1. The SMILES string of the molecule is O=C(/C=C/c1sc2ccccc2c1Cl)NNC(=O)c1ccc[nH]1. The summed E-state index contributed by atoms with van der Waals surface area (Å²) in [6.45, 7) is 0. The van der Waals surface area contributed by atoms with Crippen molar-refractivity contribution in [3.63, 3.8) is 0 Å². The smallest absolute Gasteiger partial charge is 0.286 e. The maximum Gasteiger partial charge on any atom is 0.286 e. The molecule has 2 aromatic heterocycles. The van der Waals surface area contributed by atoms with Crippen molar-refractivity contribution in [2.24, 2.45) is 0 Å². The second kappa shape index (κ2) is 6.68. The van der Waals surface area contributed by atoms with Crippen LogP contribution in [0.1, 0.15) is 15.4 Å². The highest BCUT2D eigenvalue weighted by atomic mass is 35.5. The van der Waals surface area contributed by atoms with Crippen LogP contribution in [0.25, 0.3) is 16.2 Å². The van der Waals surface area contributed by atoms with Gasteiger partial charge in [0.2, 0.25) is 0 Å². The Bertz CT molecular complexity index is 884. The zero-order valence-electron chi connectivity index (χ0n) is 11.8. The van der Waals surface area contributed by atoms with E-state index >= 15 is 0 Å². The van der Waals surface area contributed by atoms with E-state index < -0.39 is 11.8 Å². The molecule has 0 radical (unpaired) electrons. The number of benzene rings is 1. The molecule has 3 N–H and O–H groups in total. The van der Waals surface area contributed by atoms with E-state index in [2.05, 4.69) is 15.8 Å². The minimum Gasteiger partial charge on any atom is -0.357 e. The molecule has 1 aromatic carbocycles. The van der Waals surface area contributed by atoms with Gasteiger partial charge in [0.05, 0.1) is 5.02 Å². The normalized spacial score (nSPS) is 11.0. The zero-order valence-corrected chi connectivity index (χ0v) is 13.4. The molecule has 0 saturated heterocycles. The van der Waals surface area contributed by atoms with Crippen molar-refractivity contribution in [3.05, 3.63) is 64.3 Å². The van der Waals surface area contributed by atoms with Gasteiger partial charge in [0.1, 0.15) is 5.69 Å². The fraction of sp³-hybridized carbons (Fsp3) is 0. The van der Waals surface area contributed by atoms with Crippen LogP contribution in [0.4, 0.5) is 0 Å². The van der Waals surface area contributed by atoms with Gasteiger partial charge in [-0.15, -0.1) is 11.3 Å². The first-order chi connectivity index (χ1) is 11.1. The fourth-order valence-corrected chi connectivity index (χ4v) is 3.39. The van der Waals surface area contributed by atoms with E-state index in [1.54, 1.807) is 24.4 Å². The molecule has 7 heteroatoms. The van der Waals surface area contributed by atoms with Gasteiger partial charge < -0.3 is 4.98 Å². The third-order valence-electron chi connectivity index (χ3n) is 3.09. The minimum atomic E-state index is -0.446. The van der Waals surface area contributed by atoms with Gasteiger partial charge >= 0.3 is 0 Å². The summed E-state index contributed by atoms with van der Waals surface area (Å²) >= 11 is 7.79. The van der Waals surface area contributed by atoms with Crippen LogP contribution in [0, 0.1) is 0 Å². The number of fused-ring (bicyclic) bond motifs is 1. The number of thiophene rings is 1. The van der Waals surface area contributed by atoms with Crippen LogP contribution < -0.4 is 10.9 Å². The Morgan fingerprint density at radius 3 is 2.70 bits per heavy atom. The average molecular weight is 346 g/mol. The molecule has 0 unspecified atom stereocenters. The summed E-state index contributed by atoms with van der Waals surface area (Å²) in [6, 6.07) is 11.1. The predicted octanol–water partition coefficient (Wildman–Crippen LogP) is 3.36. The predicted molar refractivity (Wildman–Crippen MR) is 92.3 cm³/mol. The number of aromatic amines is 1. The van der Waals surface area contributed by atoms with E-state index in [1.807, 2.05) is 24.3 Å². The summed E-state index contributed by atoms with van der Waals surface area (Å²) in [5, 5.41) is 1.57. The van der Waals surface area contributed by atoms with E-state index in [0.717, 1.165) is 15.0 Å². The number of carbonyl (C=O) groups is 2. The van der Waals surface area contributed by atoms with Crippen molar-refractivity contribution in [1.29, 1.82) is 0 Å². The molecule has 0 atom stereocenters. The van der Waals surface area contributed by atoms with Gasteiger partial charge in [0.15, 0.2) is 0 Å². The number of H-pyrrole nitrogens is 1. The molecule has 5 nitrogen and oxygen atoms in total. The average Bonchev–Trinajstić information content (AvgIpc) is 3.20. The van der Waals surface area contributed by atoms with Gasteiger partial charge in [-0.05, 0) is 24.3 Å². The second-order valence-corrected chi connectivity index (χ2v) is 6.10. The molecule has 3 aromatic rings. The molecule has 0 spiro atoms. The quantitative estimate of drug-likeness (QED) is 0.503. The van der Waals surface area contributed by atoms with Crippen molar-refractivity contribution in [1.82, 2.24) is 15.8 Å². The molecule has 0 aliphatic rings. The molecule has 0 fully saturated rings. The largest absolute Gasteiger partial charge is 0.357 e. The lowest BCUT2D eigenvalue weighted by Gasteiger charge is -2.03. The molecule has 0 aliphatic carbocycles. The maximum atomic E-state index is 11.8. The number of halogens is 1. The Kier molecular flexibility index (Phi) is 4.45. The van der Waals surface area contributed by atoms with Crippen LogP contribution >= 0.6 is 22.9 Å². The van der Waals surface area contributed by atoms with E-state index in [4.69, 9.17) is 11.6 Å². The molecule has 3 rings (SSSR count). The molecule has 0 bridgehead atoms.